The van der Waals surface area contributed by atoms with Gasteiger partial charge in [0.2, 0.25) is 11.8 Å². The minimum absolute atomic E-state index is 0.0334. The van der Waals surface area contributed by atoms with Gasteiger partial charge in [-0.3, -0.25) is 14.4 Å². The molecule has 1 unspecified atom stereocenters. The summed E-state index contributed by atoms with van der Waals surface area (Å²) in [7, 11) is 0. The van der Waals surface area contributed by atoms with Crippen LogP contribution in [0.2, 0.25) is 0 Å². The highest BCUT2D eigenvalue weighted by molar-refractivity contribution is 6.05. The van der Waals surface area contributed by atoms with Gasteiger partial charge < -0.3 is 16.0 Å². The predicted octanol–water partition coefficient (Wildman–Crippen LogP) is 4.32. The van der Waals surface area contributed by atoms with E-state index in [1.807, 2.05) is 29.2 Å². The molecule has 1 heterocycles. The van der Waals surface area contributed by atoms with Gasteiger partial charge in [0.05, 0.1) is 11.5 Å². The maximum Gasteiger partial charge on any atom is 0.254 e. The van der Waals surface area contributed by atoms with Crippen LogP contribution in [0, 0.1) is 5.92 Å². The summed E-state index contributed by atoms with van der Waals surface area (Å²) in [5.74, 6) is -0.745. The zero-order valence-electron chi connectivity index (χ0n) is 18.8. The van der Waals surface area contributed by atoms with Crippen LogP contribution in [0.3, 0.4) is 0 Å². The molecular formula is C26H31N3O3. The number of fused-ring (bicyclic) bond motifs is 1. The van der Waals surface area contributed by atoms with Crippen LogP contribution < -0.4 is 11.1 Å². The molecule has 2 aliphatic rings. The number of amides is 3. The fraction of sp³-hybridized carbons (Fsp3) is 0.423. The van der Waals surface area contributed by atoms with E-state index in [2.05, 4.69) is 19.2 Å². The number of carbonyl (C=O) groups is 3. The number of anilines is 1. The molecule has 1 fully saturated rings. The van der Waals surface area contributed by atoms with Gasteiger partial charge in [0.1, 0.15) is 0 Å². The Morgan fingerprint density at radius 1 is 1.06 bits per heavy atom. The van der Waals surface area contributed by atoms with Gasteiger partial charge in [-0.05, 0) is 54.7 Å². The van der Waals surface area contributed by atoms with Crippen LogP contribution >= 0.6 is 0 Å². The third-order valence-electron chi connectivity index (χ3n) is 6.79. The lowest BCUT2D eigenvalue weighted by Gasteiger charge is -2.54. The normalized spacial score (nSPS) is 19.7. The van der Waals surface area contributed by atoms with E-state index in [1.165, 1.54) is 0 Å². The number of hydrogen-bond acceptors (Lipinski definition) is 3. The first kappa shape index (κ1) is 22.1. The molecular weight excluding hydrogens is 402 g/mol. The van der Waals surface area contributed by atoms with Gasteiger partial charge in [-0.25, -0.2) is 0 Å². The van der Waals surface area contributed by atoms with E-state index in [1.54, 1.807) is 24.3 Å². The predicted molar refractivity (Wildman–Crippen MR) is 124 cm³/mol. The first-order valence-corrected chi connectivity index (χ1v) is 11.4. The Kier molecular flexibility index (Phi) is 6.04. The molecule has 0 radical (unpaired) electrons. The van der Waals surface area contributed by atoms with Gasteiger partial charge in [0.15, 0.2) is 0 Å². The van der Waals surface area contributed by atoms with Crippen LogP contribution in [0.1, 0.15) is 78.1 Å². The number of hydrogen-bond donors (Lipinski definition) is 2. The largest absolute Gasteiger partial charge is 0.366 e. The number of rotatable bonds is 5. The SMILES string of the molecule is CC(C)CN1C(=O)c2ccccc2C(C(=O)Nc2ccc(C(N)=O)cc2)C12CCCCC2. The summed E-state index contributed by atoms with van der Waals surface area (Å²) in [5.41, 5.74) is 7.24. The van der Waals surface area contributed by atoms with Crippen molar-refractivity contribution in [2.24, 2.45) is 11.7 Å². The van der Waals surface area contributed by atoms with E-state index in [4.69, 9.17) is 5.73 Å². The topological polar surface area (TPSA) is 92.5 Å². The number of nitrogens with two attached hydrogens (primary N) is 1. The van der Waals surface area contributed by atoms with Crippen LogP contribution in [-0.2, 0) is 4.79 Å². The van der Waals surface area contributed by atoms with Crippen molar-refractivity contribution >= 4 is 23.4 Å². The molecule has 4 rings (SSSR count). The summed E-state index contributed by atoms with van der Waals surface area (Å²) in [5, 5.41) is 3.05. The van der Waals surface area contributed by atoms with Gasteiger partial charge in [-0.15, -0.1) is 0 Å². The summed E-state index contributed by atoms with van der Waals surface area (Å²) in [6.07, 6.45) is 4.76. The fourth-order valence-corrected chi connectivity index (χ4v) is 5.41. The summed E-state index contributed by atoms with van der Waals surface area (Å²) < 4.78 is 0. The molecule has 3 amide bonds. The Hall–Kier alpha value is -3.15. The molecule has 3 N–H and O–H groups in total. The van der Waals surface area contributed by atoms with Crippen molar-refractivity contribution in [1.82, 2.24) is 4.90 Å². The van der Waals surface area contributed by atoms with Gasteiger partial charge in [-0.2, -0.15) is 0 Å². The summed E-state index contributed by atoms with van der Waals surface area (Å²) >= 11 is 0. The van der Waals surface area contributed by atoms with Crippen LogP contribution in [0.5, 0.6) is 0 Å². The molecule has 1 saturated carbocycles. The van der Waals surface area contributed by atoms with Crippen molar-refractivity contribution in [1.29, 1.82) is 0 Å². The van der Waals surface area contributed by atoms with E-state index < -0.39 is 17.4 Å². The minimum Gasteiger partial charge on any atom is -0.366 e. The third-order valence-corrected chi connectivity index (χ3v) is 6.79. The third kappa shape index (κ3) is 3.90. The van der Waals surface area contributed by atoms with Gasteiger partial charge in [-0.1, -0.05) is 51.3 Å². The van der Waals surface area contributed by atoms with Crippen molar-refractivity contribution in [3.63, 3.8) is 0 Å². The Labute approximate surface area is 189 Å². The highest BCUT2D eigenvalue weighted by Crippen LogP contribution is 2.49. The highest BCUT2D eigenvalue weighted by atomic mass is 16.2. The molecule has 2 aromatic rings. The smallest absolute Gasteiger partial charge is 0.254 e. The molecule has 1 atom stereocenters. The van der Waals surface area contributed by atoms with E-state index >= 15 is 0 Å². The van der Waals surface area contributed by atoms with Crippen molar-refractivity contribution in [2.45, 2.75) is 57.4 Å². The minimum atomic E-state index is -0.523. The van der Waals surface area contributed by atoms with E-state index in [0.29, 0.717) is 29.3 Å². The fourth-order valence-electron chi connectivity index (χ4n) is 5.41. The Balaban J connectivity index is 1.77. The molecule has 2 aromatic carbocycles. The second-order valence-corrected chi connectivity index (χ2v) is 9.42. The van der Waals surface area contributed by atoms with E-state index in [0.717, 1.165) is 37.7 Å². The van der Waals surface area contributed by atoms with Crippen molar-refractivity contribution in [2.75, 3.05) is 11.9 Å². The maximum absolute atomic E-state index is 13.8. The lowest BCUT2D eigenvalue weighted by atomic mass is 9.65. The molecule has 1 spiro atoms. The number of carbonyl (C=O) groups excluding carboxylic acids is 3. The first-order chi connectivity index (χ1) is 15.3. The Morgan fingerprint density at radius 3 is 2.34 bits per heavy atom. The van der Waals surface area contributed by atoms with Crippen molar-refractivity contribution in [3.8, 4) is 0 Å². The highest BCUT2D eigenvalue weighted by Gasteiger charge is 2.54. The monoisotopic (exact) mass is 433 g/mol. The van der Waals surface area contributed by atoms with E-state index in [-0.39, 0.29) is 11.8 Å². The molecule has 0 bridgehead atoms. The Morgan fingerprint density at radius 2 is 1.72 bits per heavy atom. The molecule has 0 saturated heterocycles. The number of nitrogens with one attached hydrogen (secondary N) is 1. The van der Waals surface area contributed by atoms with E-state index in [9.17, 15) is 14.4 Å². The molecule has 6 nitrogen and oxygen atoms in total. The van der Waals surface area contributed by atoms with Crippen LogP contribution in [0.15, 0.2) is 48.5 Å². The quantitative estimate of drug-likeness (QED) is 0.735. The molecule has 32 heavy (non-hydrogen) atoms. The molecule has 6 heteroatoms. The standard InChI is InChI=1S/C26H31N3O3/c1-17(2)16-29-25(32)21-9-5-4-8-20(21)22(26(29)14-6-3-7-15-26)24(31)28-19-12-10-18(11-13-19)23(27)30/h4-5,8-13,17,22H,3,6-7,14-16H2,1-2H3,(H2,27,30)(H,28,31). The van der Waals surface area contributed by atoms with Crippen molar-refractivity contribution < 1.29 is 14.4 Å². The number of primary amides is 1. The number of benzene rings is 2. The molecule has 168 valence electrons. The molecule has 1 aliphatic carbocycles. The van der Waals surface area contributed by atoms with Crippen molar-refractivity contribution in [3.05, 3.63) is 65.2 Å². The summed E-state index contributed by atoms with van der Waals surface area (Å²) in [6.45, 7) is 4.85. The summed E-state index contributed by atoms with van der Waals surface area (Å²) in [6, 6.07) is 14.1. The maximum atomic E-state index is 13.8. The zero-order valence-corrected chi connectivity index (χ0v) is 18.8. The second-order valence-electron chi connectivity index (χ2n) is 9.42. The van der Waals surface area contributed by atoms with Gasteiger partial charge in [0, 0.05) is 23.4 Å². The molecule has 0 aromatic heterocycles. The lowest BCUT2D eigenvalue weighted by Crippen LogP contribution is -2.62. The zero-order chi connectivity index (χ0) is 22.9. The average Bonchev–Trinajstić information content (AvgIpc) is 2.78. The Bertz CT molecular complexity index is 1020. The molecule has 1 aliphatic heterocycles. The lowest BCUT2D eigenvalue weighted by molar-refractivity contribution is -0.122. The first-order valence-electron chi connectivity index (χ1n) is 11.4. The van der Waals surface area contributed by atoms with Crippen LogP contribution in [0.4, 0.5) is 5.69 Å². The van der Waals surface area contributed by atoms with Gasteiger partial charge >= 0.3 is 0 Å². The van der Waals surface area contributed by atoms with Crippen LogP contribution in [-0.4, -0.2) is 34.7 Å². The van der Waals surface area contributed by atoms with Gasteiger partial charge in [0.25, 0.3) is 5.91 Å². The van der Waals surface area contributed by atoms with Crippen LogP contribution in [0.25, 0.3) is 0 Å². The average molecular weight is 434 g/mol. The second kappa shape index (κ2) is 8.77. The summed E-state index contributed by atoms with van der Waals surface area (Å²) in [4.78, 5) is 40.8. The number of nitrogens with zero attached hydrogens (tertiary/aromatic N) is 1.